The molecule has 0 bridgehead atoms. The summed E-state index contributed by atoms with van der Waals surface area (Å²) in [5, 5.41) is 3.64. The van der Waals surface area contributed by atoms with Gasteiger partial charge in [-0.1, -0.05) is 30.9 Å². The van der Waals surface area contributed by atoms with Gasteiger partial charge in [-0.3, -0.25) is 9.59 Å². The third-order valence-electron chi connectivity index (χ3n) is 4.44. The van der Waals surface area contributed by atoms with E-state index in [1.54, 1.807) is 17.0 Å². The molecule has 1 N–H and O–H groups in total. The highest BCUT2D eigenvalue weighted by atomic mass is 35.5. The molecule has 0 atom stereocenters. The molecule has 2 amide bonds. The Labute approximate surface area is 129 Å². The lowest BCUT2D eigenvalue weighted by Gasteiger charge is -2.38. The van der Waals surface area contributed by atoms with Crippen molar-refractivity contribution < 1.29 is 9.59 Å². The van der Waals surface area contributed by atoms with Crippen molar-refractivity contribution in [3.05, 3.63) is 29.3 Å². The molecule has 1 aliphatic carbocycles. The van der Waals surface area contributed by atoms with Gasteiger partial charge in [0.15, 0.2) is 0 Å². The Balaban J connectivity index is 1.94. The van der Waals surface area contributed by atoms with E-state index < -0.39 is 5.54 Å². The van der Waals surface area contributed by atoms with E-state index in [-0.39, 0.29) is 11.8 Å². The first kappa shape index (κ1) is 14.4. The minimum absolute atomic E-state index is 0.0235. The van der Waals surface area contributed by atoms with Crippen LogP contribution in [0, 0.1) is 0 Å². The van der Waals surface area contributed by atoms with Crippen LogP contribution in [0.2, 0.25) is 5.02 Å². The van der Waals surface area contributed by atoms with Crippen LogP contribution in [0.3, 0.4) is 0 Å². The number of nitrogens with one attached hydrogen (secondary N) is 1. The molecule has 1 heterocycles. The first-order chi connectivity index (χ1) is 10.1. The monoisotopic (exact) mass is 306 g/mol. The van der Waals surface area contributed by atoms with Gasteiger partial charge in [-0.05, 0) is 37.1 Å². The van der Waals surface area contributed by atoms with E-state index in [1.165, 1.54) is 0 Å². The van der Waals surface area contributed by atoms with E-state index in [9.17, 15) is 9.59 Å². The predicted molar refractivity (Wildman–Crippen MR) is 82.4 cm³/mol. The van der Waals surface area contributed by atoms with Gasteiger partial charge in [0, 0.05) is 23.7 Å². The van der Waals surface area contributed by atoms with E-state index in [1.807, 2.05) is 12.1 Å². The Kier molecular flexibility index (Phi) is 3.89. The van der Waals surface area contributed by atoms with Gasteiger partial charge in [0.05, 0.1) is 0 Å². The fourth-order valence-corrected chi connectivity index (χ4v) is 3.44. The van der Waals surface area contributed by atoms with Gasteiger partial charge in [0.2, 0.25) is 5.91 Å². The Morgan fingerprint density at radius 3 is 2.38 bits per heavy atom. The molecule has 1 aliphatic heterocycles. The number of anilines is 1. The lowest BCUT2D eigenvalue weighted by molar-refractivity contribution is -0.131. The van der Waals surface area contributed by atoms with Crippen molar-refractivity contribution in [2.75, 3.05) is 11.4 Å². The second-order valence-electron chi connectivity index (χ2n) is 5.87. The summed E-state index contributed by atoms with van der Waals surface area (Å²) in [6, 6.07) is 7.23. The normalized spacial score (nSPS) is 22.0. The Morgan fingerprint density at radius 1 is 1.05 bits per heavy atom. The van der Waals surface area contributed by atoms with Crippen LogP contribution in [0.4, 0.5) is 5.69 Å². The Hall–Kier alpha value is -1.55. The number of hydrogen-bond donors (Lipinski definition) is 1. The first-order valence-electron chi connectivity index (χ1n) is 7.49. The topological polar surface area (TPSA) is 49.4 Å². The standard InChI is InChI=1S/C16H19ClN2O2/c17-12-4-6-13(7-5-12)19-11-8-14(20)18-16(15(19)21)9-2-1-3-10-16/h4-7H,1-3,8-11H2,(H,18,20). The van der Waals surface area contributed by atoms with Crippen molar-refractivity contribution in [1.29, 1.82) is 0 Å². The van der Waals surface area contributed by atoms with Gasteiger partial charge in [0.1, 0.15) is 5.54 Å². The average Bonchev–Trinajstić information content (AvgIpc) is 2.60. The van der Waals surface area contributed by atoms with Crippen molar-refractivity contribution >= 4 is 29.1 Å². The number of hydrogen-bond acceptors (Lipinski definition) is 2. The van der Waals surface area contributed by atoms with Crippen LogP contribution in [0.25, 0.3) is 0 Å². The van der Waals surface area contributed by atoms with Gasteiger partial charge in [-0.2, -0.15) is 0 Å². The number of halogens is 1. The molecule has 2 aliphatic rings. The first-order valence-corrected chi connectivity index (χ1v) is 7.87. The van der Waals surface area contributed by atoms with Crippen LogP contribution in [-0.2, 0) is 9.59 Å². The summed E-state index contributed by atoms with van der Waals surface area (Å²) in [5.74, 6) is -0.00270. The van der Waals surface area contributed by atoms with E-state index in [2.05, 4.69) is 5.32 Å². The maximum Gasteiger partial charge on any atom is 0.252 e. The highest BCUT2D eigenvalue weighted by molar-refractivity contribution is 6.30. The number of rotatable bonds is 1. The van der Waals surface area contributed by atoms with Crippen molar-refractivity contribution in [2.24, 2.45) is 0 Å². The maximum absolute atomic E-state index is 13.0. The van der Waals surface area contributed by atoms with Crippen molar-refractivity contribution in [3.8, 4) is 0 Å². The van der Waals surface area contributed by atoms with Crippen molar-refractivity contribution in [3.63, 3.8) is 0 Å². The molecule has 1 saturated heterocycles. The largest absolute Gasteiger partial charge is 0.342 e. The molecule has 1 aromatic carbocycles. The SMILES string of the molecule is O=C1CCN(c2ccc(Cl)cc2)C(=O)C2(CCCCC2)N1. The molecule has 0 aromatic heterocycles. The maximum atomic E-state index is 13.0. The number of amides is 2. The van der Waals surface area contributed by atoms with Gasteiger partial charge in [-0.15, -0.1) is 0 Å². The second kappa shape index (κ2) is 5.68. The van der Waals surface area contributed by atoms with Gasteiger partial charge >= 0.3 is 0 Å². The molecule has 4 nitrogen and oxygen atoms in total. The van der Waals surface area contributed by atoms with E-state index in [0.29, 0.717) is 18.0 Å². The van der Waals surface area contributed by atoms with Gasteiger partial charge in [0.25, 0.3) is 5.91 Å². The van der Waals surface area contributed by atoms with Crippen molar-refractivity contribution in [1.82, 2.24) is 5.32 Å². The number of benzene rings is 1. The minimum Gasteiger partial charge on any atom is -0.342 e. The van der Waals surface area contributed by atoms with Crippen LogP contribution in [0.15, 0.2) is 24.3 Å². The summed E-state index contributed by atoms with van der Waals surface area (Å²) in [6.07, 6.45) is 4.92. The highest BCUT2D eigenvalue weighted by Gasteiger charge is 2.45. The van der Waals surface area contributed by atoms with Crippen molar-refractivity contribution in [2.45, 2.75) is 44.1 Å². The molecular formula is C16H19ClN2O2. The van der Waals surface area contributed by atoms with E-state index >= 15 is 0 Å². The van der Waals surface area contributed by atoms with Gasteiger partial charge < -0.3 is 10.2 Å². The van der Waals surface area contributed by atoms with Crippen LogP contribution in [-0.4, -0.2) is 23.9 Å². The summed E-state index contributed by atoms with van der Waals surface area (Å²) in [4.78, 5) is 26.8. The zero-order valence-corrected chi connectivity index (χ0v) is 12.7. The summed E-state index contributed by atoms with van der Waals surface area (Å²) < 4.78 is 0. The number of nitrogens with zero attached hydrogens (tertiary/aromatic N) is 1. The van der Waals surface area contributed by atoms with Crippen LogP contribution in [0.5, 0.6) is 0 Å². The molecule has 1 spiro atoms. The zero-order valence-electron chi connectivity index (χ0n) is 11.9. The molecule has 1 saturated carbocycles. The molecule has 5 heteroatoms. The fourth-order valence-electron chi connectivity index (χ4n) is 3.32. The third kappa shape index (κ3) is 2.77. The van der Waals surface area contributed by atoms with Gasteiger partial charge in [-0.25, -0.2) is 0 Å². The second-order valence-corrected chi connectivity index (χ2v) is 6.31. The quantitative estimate of drug-likeness (QED) is 0.867. The Bertz CT molecular complexity index is 550. The molecule has 112 valence electrons. The zero-order chi connectivity index (χ0) is 14.9. The highest BCUT2D eigenvalue weighted by Crippen LogP contribution is 2.33. The predicted octanol–water partition coefficient (Wildman–Crippen LogP) is 2.90. The third-order valence-corrected chi connectivity index (χ3v) is 4.69. The lowest BCUT2D eigenvalue weighted by Crippen LogP contribution is -2.58. The average molecular weight is 307 g/mol. The summed E-state index contributed by atoms with van der Waals surface area (Å²) >= 11 is 5.91. The fraction of sp³-hybridized carbons (Fsp3) is 0.500. The summed E-state index contributed by atoms with van der Waals surface area (Å²) in [7, 11) is 0. The van der Waals surface area contributed by atoms with E-state index in [4.69, 9.17) is 11.6 Å². The Morgan fingerprint density at radius 2 is 1.71 bits per heavy atom. The van der Waals surface area contributed by atoms with E-state index in [0.717, 1.165) is 37.8 Å². The summed E-state index contributed by atoms with van der Waals surface area (Å²) in [6.45, 7) is 0.425. The number of carbonyl (C=O) groups excluding carboxylic acids is 2. The molecular weight excluding hydrogens is 288 g/mol. The smallest absolute Gasteiger partial charge is 0.252 e. The lowest BCUT2D eigenvalue weighted by atomic mass is 9.80. The molecule has 21 heavy (non-hydrogen) atoms. The molecule has 2 fully saturated rings. The van der Waals surface area contributed by atoms with Crippen LogP contribution < -0.4 is 10.2 Å². The minimum atomic E-state index is -0.703. The molecule has 3 rings (SSSR count). The van der Waals surface area contributed by atoms with Crippen LogP contribution >= 0.6 is 11.6 Å². The molecule has 0 radical (unpaired) electrons. The summed E-state index contributed by atoms with van der Waals surface area (Å²) in [5.41, 5.74) is 0.108. The number of carbonyl (C=O) groups is 2. The van der Waals surface area contributed by atoms with Crippen LogP contribution in [0.1, 0.15) is 38.5 Å². The molecule has 1 aromatic rings. The molecule has 0 unspecified atom stereocenters.